The van der Waals surface area contributed by atoms with E-state index in [0.29, 0.717) is 37.6 Å². The average molecular weight is 313 g/mol. The molecule has 96 valence electrons. The summed E-state index contributed by atoms with van der Waals surface area (Å²) in [5, 5.41) is 9.96. The summed E-state index contributed by atoms with van der Waals surface area (Å²) in [5.74, 6) is 0. The number of nitrogens with two attached hydrogens (primary N) is 1. The Morgan fingerprint density at radius 2 is 1.79 bits per heavy atom. The molecule has 19 heavy (non-hydrogen) atoms. The van der Waals surface area contributed by atoms with Gasteiger partial charge in [0.2, 0.25) is 0 Å². The number of hydrogen-bond donors (Lipinski definition) is 1. The SMILES string of the molecule is N#CCc1cc(-c2cc(Cl)c(Cl)cc2Cl)ncc1N. The van der Waals surface area contributed by atoms with Crippen molar-refractivity contribution in [3.05, 3.63) is 45.0 Å². The molecule has 0 radical (unpaired) electrons. The summed E-state index contributed by atoms with van der Waals surface area (Å²) in [6, 6.07) is 6.97. The third-order valence-electron chi connectivity index (χ3n) is 2.58. The van der Waals surface area contributed by atoms with Gasteiger partial charge in [-0.15, -0.1) is 0 Å². The Balaban J connectivity index is 2.57. The van der Waals surface area contributed by atoms with Crippen LogP contribution in [0.4, 0.5) is 5.69 Å². The van der Waals surface area contributed by atoms with Gasteiger partial charge in [0, 0.05) is 5.56 Å². The van der Waals surface area contributed by atoms with Crippen molar-refractivity contribution >= 4 is 40.5 Å². The van der Waals surface area contributed by atoms with Gasteiger partial charge in [-0.25, -0.2) is 0 Å². The van der Waals surface area contributed by atoms with E-state index in [9.17, 15) is 0 Å². The molecule has 0 fully saturated rings. The molecule has 2 N–H and O–H groups in total. The fourth-order valence-corrected chi connectivity index (χ4v) is 2.26. The first-order chi connectivity index (χ1) is 9.02. The normalized spacial score (nSPS) is 10.2. The van der Waals surface area contributed by atoms with Crippen LogP contribution in [0.3, 0.4) is 0 Å². The summed E-state index contributed by atoms with van der Waals surface area (Å²) in [6.07, 6.45) is 1.71. The van der Waals surface area contributed by atoms with E-state index >= 15 is 0 Å². The lowest BCUT2D eigenvalue weighted by atomic mass is 10.1. The fraction of sp³-hybridized carbons (Fsp3) is 0.0769. The summed E-state index contributed by atoms with van der Waals surface area (Å²) in [6.45, 7) is 0. The minimum absolute atomic E-state index is 0.209. The zero-order chi connectivity index (χ0) is 14.0. The Kier molecular flexibility index (Phi) is 4.16. The molecule has 2 aromatic rings. The first-order valence-electron chi connectivity index (χ1n) is 5.29. The van der Waals surface area contributed by atoms with Crippen molar-refractivity contribution in [1.82, 2.24) is 4.98 Å². The van der Waals surface area contributed by atoms with E-state index in [1.165, 1.54) is 6.20 Å². The molecular weight excluding hydrogens is 305 g/mol. The van der Waals surface area contributed by atoms with E-state index in [1.54, 1.807) is 18.2 Å². The van der Waals surface area contributed by atoms with E-state index in [0.717, 1.165) is 0 Å². The summed E-state index contributed by atoms with van der Waals surface area (Å²) >= 11 is 18.0. The van der Waals surface area contributed by atoms with Gasteiger partial charge in [-0.05, 0) is 23.8 Å². The zero-order valence-electron chi connectivity index (χ0n) is 9.62. The maximum atomic E-state index is 8.75. The lowest BCUT2D eigenvalue weighted by Crippen LogP contribution is -1.96. The second kappa shape index (κ2) is 5.66. The Morgan fingerprint density at radius 3 is 2.47 bits per heavy atom. The maximum absolute atomic E-state index is 8.75. The topological polar surface area (TPSA) is 62.7 Å². The number of hydrogen-bond acceptors (Lipinski definition) is 3. The molecule has 0 saturated heterocycles. The number of aromatic nitrogens is 1. The van der Waals surface area contributed by atoms with Crippen LogP contribution in [0, 0.1) is 11.3 Å². The van der Waals surface area contributed by atoms with Crippen molar-refractivity contribution < 1.29 is 0 Å². The van der Waals surface area contributed by atoms with Crippen LogP contribution in [0.15, 0.2) is 24.4 Å². The third kappa shape index (κ3) is 2.93. The van der Waals surface area contributed by atoms with E-state index in [1.807, 2.05) is 0 Å². The molecule has 0 saturated carbocycles. The molecule has 0 atom stereocenters. The van der Waals surface area contributed by atoms with Crippen LogP contribution >= 0.6 is 34.8 Å². The Labute approximate surface area is 125 Å². The van der Waals surface area contributed by atoms with Crippen molar-refractivity contribution in [2.24, 2.45) is 0 Å². The maximum Gasteiger partial charge on any atom is 0.0722 e. The van der Waals surface area contributed by atoms with E-state index in [4.69, 9.17) is 45.8 Å². The van der Waals surface area contributed by atoms with Crippen LogP contribution in [0.25, 0.3) is 11.3 Å². The van der Waals surface area contributed by atoms with E-state index < -0.39 is 0 Å². The quantitative estimate of drug-likeness (QED) is 0.838. The lowest BCUT2D eigenvalue weighted by molar-refractivity contribution is 1.22. The van der Waals surface area contributed by atoms with Gasteiger partial charge in [-0.2, -0.15) is 5.26 Å². The second-order valence-corrected chi connectivity index (χ2v) is 5.07. The molecule has 0 aliphatic rings. The number of nitrogens with zero attached hydrogens (tertiary/aromatic N) is 2. The van der Waals surface area contributed by atoms with Gasteiger partial charge in [-0.3, -0.25) is 4.98 Å². The number of rotatable bonds is 2. The molecule has 1 heterocycles. The van der Waals surface area contributed by atoms with Crippen molar-refractivity contribution in [2.75, 3.05) is 5.73 Å². The number of halogens is 3. The largest absolute Gasteiger partial charge is 0.397 e. The van der Waals surface area contributed by atoms with Crippen LogP contribution in [0.1, 0.15) is 5.56 Å². The van der Waals surface area contributed by atoms with Crippen LogP contribution in [0.5, 0.6) is 0 Å². The Bertz CT molecular complexity index is 678. The average Bonchev–Trinajstić information content (AvgIpc) is 2.37. The van der Waals surface area contributed by atoms with Crippen molar-refractivity contribution in [1.29, 1.82) is 5.26 Å². The summed E-state index contributed by atoms with van der Waals surface area (Å²) in [4.78, 5) is 4.20. The van der Waals surface area contributed by atoms with Gasteiger partial charge in [0.05, 0.1) is 45.1 Å². The predicted molar refractivity (Wildman–Crippen MR) is 78.4 cm³/mol. The monoisotopic (exact) mass is 311 g/mol. The lowest BCUT2D eigenvalue weighted by Gasteiger charge is -2.08. The molecule has 2 rings (SSSR count). The number of anilines is 1. The van der Waals surface area contributed by atoms with E-state index in [2.05, 4.69) is 11.1 Å². The number of pyridine rings is 1. The van der Waals surface area contributed by atoms with Gasteiger partial charge >= 0.3 is 0 Å². The fourth-order valence-electron chi connectivity index (χ4n) is 1.61. The molecule has 1 aromatic carbocycles. The van der Waals surface area contributed by atoms with Crippen LogP contribution in [-0.4, -0.2) is 4.98 Å². The van der Waals surface area contributed by atoms with Gasteiger partial charge in [-0.1, -0.05) is 34.8 Å². The predicted octanol–water partition coefficient (Wildman–Crippen LogP) is 4.36. The van der Waals surface area contributed by atoms with Gasteiger partial charge in [0.15, 0.2) is 0 Å². The first-order valence-corrected chi connectivity index (χ1v) is 6.42. The highest BCUT2D eigenvalue weighted by Crippen LogP contribution is 2.35. The molecule has 0 unspecified atom stereocenters. The van der Waals surface area contributed by atoms with Gasteiger partial charge < -0.3 is 5.73 Å². The zero-order valence-corrected chi connectivity index (χ0v) is 11.9. The standard InChI is InChI=1S/C13H8Cl3N3/c14-9-5-11(16)10(15)4-8(9)13-3-7(1-2-17)12(18)6-19-13/h3-6H,1,18H2. The highest BCUT2D eigenvalue weighted by atomic mass is 35.5. The molecule has 1 aromatic heterocycles. The Hall–Kier alpha value is -1.47. The number of benzene rings is 1. The van der Waals surface area contributed by atoms with Crippen LogP contribution in [-0.2, 0) is 6.42 Å². The minimum Gasteiger partial charge on any atom is -0.397 e. The molecule has 0 spiro atoms. The van der Waals surface area contributed by atoms with Gasteiger partial charge in [0.25, 0.3) is 0 Å². The molecule has 0 aliphatic heterocycles. The smallest absolute Gasteiger partial charge is 0.0722 e. The van der Waals surface area contributed by atoms with Crippen molar-refractivity contribution in [3.8, 4) is 17.3 Å². The summed E-state index contributed by atoms with van der Waals surface area (Å²) < 4.78 is 0. The van der Waals surface area contributed by atoms with Crippen LogP contribution < -0.4 is 5.73 Å². The number of nitriles is 1. The molecule has 0 aliphatic carbocycles. The molecule has 0 amide bonds. The highest BCUT2D eigenvalue weighted by Gasteiger charge is 2.11. The highest BCUT2D eigenvalue weighted by molar-refractivity contribution is 6.44. The second-order valence-electron chi connectivity index (χ2n) is 3.85. The molecular formula is C13H8Cl3N3. The van der Waals surface area contributed by atoms with Gasteiger partial charge in [0.1, 0.15) is 0 Å². The molecule has 0 bridgehead atoms. The molecule has 3 nitrogen and oxygen atoms in total. The first kappa shape index (κ1) is 14.0. The summed E-state index contributed by atoms with van der Waals surface area (Å²) in [7, 11) is 0. The number of nitrogen functional groups attached to an aromatic ring is 1. The third-order valence-corrected chi connectivity index (χ3v) is 3.61. The summed E-state index contributed by atoms with van der Waals surface area (Å²) in [5.41, 5.74) is 8.18. The Morgan fingerprint density at radius 1 is 1.11 bits per heavy atom. The van der Waals surface area contributed by atoms with E-state index in [-0.39, 0.29) is 6.42 Å². The van der Waals surface area contributed by atoms with Crippen molar-refractivity contribution in [3.63, 3.8) is 0 Å². The minimum atomic E-state index is 0.209. The van der Waals surface area contributed by atoms with Crippen LogP contribution in [0.2, 0.25) is 15.1 Å². The van der Waals surface area contributed by atoms with Crippen molar-refractivity contribution in [2.45, 2.75) is 6.42 Å². The molecule has 6 heteroatoms.